The van der Waals surface area contributed by atoms with Gasteiger partial charge in [-0.2, -0.15) is 0 Å². The van der Waals surface area contributed by atoms with Crippen molar-refractivity contribution >= 4 is 5.57 Å². The van der Waals surface area contributed by atoms with E-state index in [0.717, 1.165) is 25.2 Å². The first-order chi connectivity index (χ1) is 10.3. The van der Waals surface area contributed by atoms with Gasteiger partial charge < -0.3 is 0 Å². The number of hydrogen-bond acceptors (Lipinski definition) is 1. The minimum atomic E-state index is 0.0672. The SMILES string of the molecule is C=C(C)c1cccc(CN(CC)C/C=C/C#CC(C)(C)C)c1. The minimum absolute atomic E-state index is 0.0672. The van der Waals surface area contributed by atoms with Gasteiger partial charge in [0.15, 0.2) is 0 Å². The number of nitrogens with zero attached hydrogens (tertiary/aromatic N) is 1. The van der Waals surface area contributed by atoms with E-state index in [1.54, 1.807) is 0 Å². The van der Waals surface area contributed by atoms with Crippen LogP contribution < -0.4 is 0 Å². The number of allylic oxidation sites excluding steroid dienone is 2. The molecule has 1 aromatic rings. The highest BCUT2D eigenvalue weighted by atomic mass is 15.1. The number of likely N-dealkylation sites (N-methyl/N-ethyl adjacent to an activating group) is 1. The lowest BCUT2D eigenvalue weighted by Gasteiger charge is -2.18. The Labute approximate surface area is 136 Å². The van der Waals surface area contributed by atoms with Crippen LogP contribution in [0.25, 0.3) is 5.57 Å². The zero-order chi connectivity index (χ0) is 16.6. The highest BCUT2D eigenvalue weighted by molar-refractivity contribution is 5.61. The van der Waals surface area contributed by atoms with Gasteiger partial charge in [0.05, 0.1) is 0 Å². The van der Waals surface area contributed by atoms with Gasteiger partial charge in [-0.3, -0.25) is 4.90 Å². The van der Waals surface area contributed by atoms with Crippen LogP contribution in [0, 0.1) is 17.3 Å². The van der Waals surface area contributed by atoms with Crippen molar-refractivity contribution in [3.63, 3.8) is 0 Å². The van der Waals surface area contributed by atoms with Crippen molar-refractivity contribution in [3.8, 4) is 11.8 Å². The summed E-state index contributed by atoms with van der Waals surface area (Å²) in [4.78, 5) is 2.40. The van der Waals surface area contributed by atoms with Crippen molar-refractivity contribution in [2.24, 2.45) is 5.41 Å². The van der Waals surface area contributed by atoms with Crippen LogP contribution >= 0.6 is 0 Å². The summed E-state index contributed by atoms with van der Waals surface area (Å²) in [5.74, 6) is 6.34. The van der Waals surface area contributed by atoms with Crippen LogP contribution in [0.1, 0.15) is 45.7 Å². The molecule has 1 heteroatoms. The van der Waals surface area contributed by atoms with Gasteiger partial charge >= 0.3 is 0 Å². The molecular formula is C21H29N. The Kier molecular flexibility index (Phi) is 7.15. The molecule has 22 heavy (non-hydrogen) atoms. The quantitative estimate of drug-likeness (QED) is 0.656. The van der Waals surface area contributed by atoms with Gasteiger partial charge in [0.25, 0.3) is 0 Å². The van der Waals surface area contributed by atoms with Gasteiger partial charge in [0.2, 0.25) is 0 Å². The van der Waals surface area contributed by atoms with Gasteiger partial charge in [-0.05, 0) is 51.4 Å². The molecule has 0 bridgehead atoms. The maximum atomic E-state index is 4.02. The minimum Gasteiger partial charge on any atom is -0.296 e. The van der Waals surface area contributed by atoms with E-state index < -0.39 is 0 Å². The Morgan fingerprint density at radius 1 is 1.32 bits per heavy atom. The number of rotatable bonds is 6. The van der Waals surface area contributed by atoms with E-state index in [2.05, 4.69) is 81.4 Å². The smallest absolute Gasteiger partial charge is 0.0237 e. The molecule has 0 atom stereocenters. The second kappa shape index (κ2) is 8.61. The molecule has 0 unspecified atom stereocenters. The first kappa shape index (κ1) is 18.3. The molecule has 0 radical (unpaired) electrons. The molecule has 0 heterocycles. The Morgan fingerprint density at radius 2 is 2.05 bits per heavy atom. The summed E-state index contributed by atoms with van der Waals surface area (Å²) in [6.07, 6.45) is 4.11. The predicted octanol–water partition coefficient (Wildman–Crippen LogP) is 5.15. The summed E-state index contributed by atoms with van der Waals surface area (Å²) in [6, 6.07) is 8.63. The highest BCUT2D eigenvalue weighted by Gasteiger charge is 2.04. The zero-order valence-electron chi connectivity index (χ0n) is 14.7. The highest BCUT2D eigenvalue weighted by Crippen LogP contribution is 2.14. The van der Waals surface area contributed by atoms with E-state index in [9.17, 15) is 0 Å². The molecule has 0 saturated heterocycles. The lowest BCUT2D eigenvalue weighted by molar-refractivity contribution is 0.311. The maximum absolute atomic E-state index is 4.02. The monoisotopic (exact) mass is 295 g/mol. The van der Waals surface area contributed by atoms with Crippen molar-refractivity contribution < 1.29 is 0 Å². The van der Waals surface area contributed by atoms with Crippen LogP contribution in [0.4, 0.5) is 0 Å². The van der Waals surface area contributed by atoms with Crippen LogP contribution in [0.5, 0.6) is 0 Å². The molecule has 0 aliphatic heterocycles. The van der Waals surface area contributed by atoms with Crippen LogP contribution in [-0.4, -0.2) is 18.0 Å². The Hall–Kier alpha value is -1.78. The largest absolute Gasteiger partial charge is 0.296 e. The fraction of sp³-hybridized carbons (Fsp3) is 0.429. The number of hydrogen-bond donors (Lipinski definition) is 0. The van der Waals surface area contributed by atoms with Crippen molar-refractivity contribution in [2.75, 3.05) is 13.1 Å². The summed E-state index contributed by atoms with van der Waals surface area (Å²) < 4.78 is 0. The average Bonchev–Trinajstić information content (AvgIpc) is 2.44. The summed E-state index contributed by atoms with van der Waals surface area (Å²) in [7, 11) is 0. The Balaban J connectivity index is 2.62. The average molecular weight is 295 g/mol. The lowest BCUT2D eigenvalue weighted by atomic mass is 9.98. The molecule has 118 valence electrons. The van der Waals surface area contributed by atoms with Crippen molar-refractivity contribution in [1.29, 1.82) is 0 Å². The first-order valence-corrected chi connectivity index (χ1v) is 7.96. The van der Waals surface area contributed by atoms with Crippen molar-refractivity contribution in [2.45, 2.75) is 41.2 Å². The van der Waals surface area contributed by atoms with E-state index in [1.807, 2.05) is 13.0 Å². The second-order valence-electron chi connectivity index (χ2n) is 6.73. The molecule has 1 rings (SSSR count). The van der Waals surface area contributed by atoms with Crippen LogP contribution in [0.3, 0.4) is 0 Å². The Morgan fingerprint density at radius 3 is 2.64 bits per heavy atom. The van der Waals surface area contributed by atoms with Crippen LogP contribution in [0.15, 0.2) is 43.0 Å². The standard InChI is InChI=1S/C21H29N/c1-7-22(15-10-8-9-14-21(4,5)6)17-19-12-11-13-20(16-19)18(2)3/h8,10-13,16H,2,7,15,17H2,1,3-6H3/b10-8+. The van der Waals surface area contributed by atoms with Gasteiger partial charge in [-0.15, -0.1) is 0 Å². The van der Waals surface area contributed by atoms with Crippen LogP contribution in [0.2, 0.25) is 0 Å². The molecule has 0 saturated carbocycles. The molecule has 1 nitrogen and oxygen atoms in total. The van der Waals surface area contributed by atoms with Gasteiger partial charge in [0.1, 0.15) is 0 Å². The molecule has 0 spiro atoms. The van der Waals surface area contributed by atoms with E-state index >= 15 is 0 Å². The van der Waals surface area contributed by atoms with Crippen LogP contribution in [-0.2, 0) is 6.54 Å². The lowest BCUT2D eigenvalue weighted by Crippen LogP contribution is -2.22. The normalized spacial score (nSPS) is 11.5. The third kappa shape index (κ3) is 7.29. The van der Waals surface area contributed by atoms with E-state index in [1.165, 1.54) is 11.1 Å². The second-order valence-corrected chi connectivity index (χ2v) is 6.73. The summed E-state index contributed by atoms with van der Waals surface area (Å²) >= 11 is 0. The predicted molar refractivity (Wildman–Crippen MR) is 98.5 cm³/mol. The first-order valence-electron chi connectivity index (χ1n) is 7.96. The summed E-state index contributed by atoms with van der Waals surface area (Å²) in [6.45, 7) is 17.5. The molecule has 0 fully saturated rings. The zero-order valence-corrected chi connectivity index (χ0v) is 14.7. The molecular weight excluding hydrogens is 266 g/mol. The molecule has 1 aromatic carbocycles. The molecule has 0 aliphatic rings. The molecule has 0 N–H and O–H groups in total. The molecule has 0 aromatic heterocycles. The van der Waals surface area contributed by atoms with E-state index in [-0.39, 0.29) is 5.41 Å². The topological polar surface area (TPSA) is 3.24 Å². The summed E-state index contributed by atoms with van der Waals surface area (Å²) in [5.41, 5.74) is 3.73. The Bertz CT molecular complexity index is 576. The van der Waals surface area contributed by atoms with Crippen molar-refractivity contribution in [3.05, 3.63) is 54.1 Å². The summed E-state index contributed by atoms with van der Waals surface area (Å²) in [5, 5.41) is 0. The van der Waals surface area contributed by atoms with Gasteiger partial charge in [-0.25, -0.2) is 0 Å². The molecule has 0 aliphatic carbocycles. The fourth-order valence-corrected chi connectivity index (χ4v) is 2.02. The number of benzene rings is 1. The van der Waals surface area contributed by atoms with Gasteiger partial charge in [0, 0.05) is 18.5 Å². The van der Waals surface area contributed by atoms with Crippen molar-refractivity contribution in [1.82, 2.24) is 4.90 Å². The maximum Gasteiger partial charge on any atom is 0.0237 e. The van der Waals surface area contributed by atoms with Gasteiger partial charge in [-0.1, -0.05) is 61.3 Å². The fourth-order valence-electron chi connectivity index (χ4n) is 2.02. The third-order valence-corrected chi connectivity index (χ3v) is 3.29. The van der Waals surface area contributed by atoms with E-state index in [4.69, 9.17) is 0 Å². The molecule has 0 amide bonds. The van der Waals surface area contributed by atoms with E-state index in [0.29, 0.717) is 0 Å². The third-order valence-electron chi connectivity index (χ3n) is 3.29.